The van der Waals surface area contributed by atoms with Gasteiger partial charge in [-0.05, 0) is 12.0 Å². The Labute approximate surface area is 89.6 Å². The minimum absolute atomic E-state index is 0.182. The molecule has 0 saturated carbocycles. The minimum atomic E-state index is -0.387. The second kappa shape index (κ2) is 5.26. The van der Waals surface area contributed by atoms with Crippen molar-refractivity contribution < 1.29 is 14.6 Å². The maximum Gasteiger partial charge on any atom is 0.107 e. The monoisotopic (exact) mass is 208 g/mol. The molecule has 1 fully saturated rings. The van der Waals surface area contributed by atoms with Crippen LogP contribution in [0.25, 0.3) is 0 Å². The van der Waals surface area contributed by atoms with Crippen molar-refractivity contribution in [3.05, 3.63) is 35.9 Å². The van der Waals surface area contributed by atoms with E-state index in [4.69, 9.17) is 9.47 Å². The van der Waals surface area contributed by atoms with E-state index in [1.165, 1.54) is 0 Å². The van der Waals surface area contributed by atoms with Crippen LogP contribution in [0.15, 0.2) is 30.3 Å². The Kier molecular flexibility index (Phi) is 3.72. The summed E-state index contributed by atoms with van der Waals surface area (Å²) in [5.74, 6) is 0. The van der Waals surface area contributed by atoms with Gasteiger partial charge in [-0.3, -0.25) is 0 Å². The van der Waals surface area contributed by atoms with E-state index in [1.807, 2.05) is 30.3 Å². The molecule has 0 radical (unpaired) electrons. The fourth-order valence-corrected chi connectivity index (χ4v) is 1.64. The number of aliphatic hydroxyl groups excluding tert-OH is 1. The highest BCUT2D eigenvalue weighted by molar-refractivity contribution is 5.13. The lowest BCUT2D eigenvalue weighted by molar-refractivity contribution is -0.122. The van der Waals surface area contributed by atoms with Crippen LogP contribution in [0.5, 0.6) is 0 Å². The van der Waals surface area contributed by atoms with Crippen LogP contribution in [0.1, 0.15) is 12.0 Å². The van der Waals surface area contributed by atoms with E-state index in [1.54, 1.807) is 0 Å². The van der Waals surface area contributed by atoms with E-state index in [0.29, 0.717) is 26.2 Å². The molecule has 1 aliphatic rings. The van der Waals surface area contributed by atoms with Crippen molar-refractivity contribution in [2.45, 2.75) is 25.2 Å². The Morgan fingerprint density at radius 3 is 2.87 bits per heavy atom. The second-order valence-corrected chi connectivity index (χ2v) is 3.77. The van der Waals surface area contributed by atoms with Crippen LogP contribution in [0.2, 0.25) is 0 Å². The third kappa shape index (κ3) is 3.02. The summed E-state index contributed by atoms with van der Waals surface area (Å²) in [6.07, 6.45) is 0.0980. The summed E-state index contributed by atoms with van der Waals surface area (Å²) < 4.78 is 10.9. The predicted molar refractivity (Wildman–Crippen MR) is 56.5 cm³/mol. The Hall–Kier alpha value is -0.900. The average Bonchev–Trinajstić information content (AvgIpc) is 2.29. The fraction of sp³-hybridized carbons (Fsp3) is 0.500. The molecule has 0 aliphatic carbocycles. The van der Waals surface area contributed by atoms with E-state index in [9.17, 15) is 5.11 Å². The highest BCUT2D eigenvalue weighted by Gasteiger charge is 2.24. The van der Waals surface area contributed by atoms with Crippen molar-refractivity contribution in [2.75, 3.05) is 13.2 Å². The van der Waals surface area contributed by atoms with Crippen molar-refractivity contribution in [3.63, 3.8) is 0 Å². The van der Waals surface area contributed by atoms with Gasteiger partial charge in [0.15, 0.2) is 0 Å². The second-order valence-electron chi connectivity index (χ2n) is 3.77. The van der Waals surface area contributed by atoms with Gasteiger partial charge in [0, 0.05) is 6.61 Å². The summed E-state index contributed by atoms with van der Waals surface area (Å²) in [5, 5.41) is 9.64. The summed E-state index contributed by atoms with van der Waals surface area (Å²) in [6, 6.07) is 9.95. The molecule has 0 spiro atoms. The molecule has 2 atom stereocenters. The highest BCUT2D eigenvalue weighted by atomic mass is 16.5. The van der Waals surface area contributed by atoms with Gasteiger partial charge in [-0.25, -0.2) is 0 Å². The lowest BCUT2D eigenvalue weighted by Gasteiger charge is -2.27. The molecule has 1 aliphatic heterocycles. The molecule has 1 saturated heterocycles. The Bertz CT molecular complexity index is 286. The standard InChI is InChI=1S/C12H16O3/c13-11-6-7-14-9-12(11)15-8-10-4-2-1-3-5-10/h1-5,11-13H,6-9H2/t11-,12-/m0/s1. The largest absolute Gasteiger partial charge is 0.390 e. The van der Waals surface area contributed by atoms with Gasteiger partial charge < -0.3 is 14.6 Å². The molecule has 0 bridgehead atoms. The molecule has 0 unspecified atom stereocenters. The summed E-state index contributed by atoms with van der Waals surface area (Å²) in [5.41, 5.74) is 1.12. The van der Waals surface area contributed by atoms with E-state index in [2.05, 4.69) is 0 Å². The maximum absolute atomic E-state index is 9.64. The number of aliphatic hydroxyl groups is 1. The number of hydrogen-bond donors (Lipinski definition) is 1. The van der Waals surface area contributed by atoms with Crippen LogP contribution in [-0.4, -0.2) is 30.5 Å². The van der Waals surface area contributed by atoms with Gasteiger partial charge in [-0.15, -0.1) is 0 Å². The summed E-state index contributed by atoms with van der Waals surface area (Å²) in [6.45, 7) is 1.66. The van der Waals surface area contributed by atoms with Gasteiger partial charge in [0.1, 0.15) is 6.10 Å². The summed E-state index contributed by atoms with van der Waals surface area (Å²) >= 11 is 0. The van der Waals surface area contributed by atoms with E-state index < -0.39 is 0 Å². The average molecular weight is 208 g/mol. The molecular weight excluding hydrogens is 192 g/mol. The van der Waals surface area contributed by atoms with Gasteiger partial charge in [0.2, 0.25) is 0 Å². The van der Waals surface area contributed by atoms with Gasteiger partial charge in [0.05, 0.1) is 19.3 Å². The van der Waals surface area contributed by atoms with Crippen molar-refractivity contribution in [1.82, 2.24) is 0 Å². The molecule has 1 aromatic rings. The minimum Gasteiger partial charge on any atom is -0.390 e. The Balaban J connectivity index is 1.82. The van der Waals surface area contributed by atoms with Gasteiger partial charge in [-0.2, -0.15) is 0 Å². The van der Waals surface area contributed by atoms with Crippen molar-refractivity contribution in [1.29, 1.82) is 0 Å². The first-order valence-electron chi connectivity index (χ1n) is 5.27. The van der Waals surface area contributed by atoms with Gasteiger partial charge >= 0.3 is 0 Å². The lowest BCUT2D eigenvalue weighted by atomic mass is 10.1. The van der Waals surface area contributed by atoms with Crippen LogP contribution in [0.4, 0.5) is 0 Å². The zero-order valence-electron chi connectivity index (χ0n) is 8.63. The fourth-order valence-electron chi connectivity index (χ4n) is 1.64. The number of rotatable bonds is 3. The molecule has 2 rings (SSSR count). The smallest absolute Gasteiger partial charge is 0.107 e. The molecule has 3 nitrogen and oxygen atoms in total. The Morgan fingerprint density at radius 1 is 1.33 bits per heavy atom. The molecule has 15 heavy (non-hydrogen) atoms. The van der Waals surface area contributed by atoms with Crippen LogP contribution >= 0.6 is 0 Å². The van der Waals surface area contributed by atoms with E-state index in [0.717, 1.165) is 5.56 Å². The number of ether oxygens (including phenoxy) is 2. The van der Waals surface area contributed by atoms with Crippen LogP contribution in [0.3, 0.4) is 0 Å². The molecule has 0 aromatic heterocycles. The highest BCUT2D eigenvalue weighted by Crippen LogP contribution is 2.13. The third-order valence-corrected chi connectivity index (χ3v) is 2.58. The van der Waals surface area contributed by atoms with Gasteiger partial charge in [0.25, 0.3) is 0 Å². The quantitative estimate of drug-likeness (QED) is 0.815. The Morgan fingerprint density at radius 2 is 2.13 bits per heavy atom. The van der Waals surface area contributed by atoms with E-state index >= 15 is 0 Å². The molecular formula is C12H16O3. The van der Waals surface area contributed by atoms with E-state index in [-0.39, 0.29) is 12.2 Å². The number of benzene rings is 1. The SMILES string of the molecule is O[C@H]1CCOC[C@@H]1OCc1ccccc1. The first-order valence-corrected chi connectivity index (χ1v) is 5.27. The van der Waals surface area contributed by atoms with Crippen molar-refractivity contribution in [3.8, 4) is 0 Å². The van der Waals surface area contributed by atoms with Crippen LogP contribution in [-0.2, 0) is 16.1 Å². The van der Waals surface area contributed by atoms with Crippen molar-refractivity contribution >= 4 is 0 Å². The van der Waals surface area contributed by atoms with Gasteiger partial charge in [-0.1, -0.05) is 30.3 Å². The molecule has 1 aromatic carbocycles. The van der Waals surface area contributed by atoms with Crippen molar-refractivity contribution in [2.24, 2.45) is 0 Å². The zero-order valence-corrected chi connectivity index (χ0v) is 8.63. The predicted octanol–water partition coefficient (Wildman–Crippen LogP) is 1.35. The van der Waals surface area contributed by atoms with Crippen LogP contribution < -0.4 is 0 Å². The topological polar surface area (TPSA) is 38.7 Å². The molecule has 1 N–H and O–H groups in total. The molecule has 1 heterocycles. The summed E-state index contributed by atoms with van der Waals surface area (Å²) in [7, 11) is 0. The third-order valence-electron chi connectivity index (χ3n) is 2.58. The molecule has 82 valence electrons. The van der Waals surface area contributed by atoms with Crippen LogP contribution in [0, 0.1) is 0 Å². The summed E-state index contributed by atoms with van der Waals surface area (Å²) in [4.78, 5) is 0. The molecule has 0 amide bonds. The zero-order chi connectivity index (χ0) is 10.5. The first-order chi connectivity index (χ1) is 7.36. The number of hydrogen-bond acceptors (Lipinski definition) is 3. The lowest BCUT2D eigenvalue weighted by Crippen LogP contribution is -2.38. The maximum atomic E-state index is 9.64. The first kappa shape index (κ1) is 10.6. The normalized spacial score (nSPS) is 26.5. The molecule has 3 heteroatoms.